The average molecular weight is 255 g/mol. The summed E-state index contributed by atoms with van der Waals surface area (Å²) in [4.78, 5) is 12.0. The van der Waals surface area contributed by atoms with Gasteiger partial charge in [0.05, 0.1) is 0 Å². The third-order valence-electron chi connectivity index (χ3n) is 2.69. The van der Waals surface area contributed by atoms with Crippen LogP contribution >= 0.6 is 11.6 Å². The SMILES string of the molecule is CCCC(CN)NC(=O)c1ccc(Cl)cc1C. The van der Waals surface area contributed by atoms with E-state index in [1.807, 2.05) is 6.92 Å². The first-order chi connectivity index (χ1) is 8.08. The lowest BCUT2D eigenvalue weighted by atomic mass is 10.1. The molecule has 3 N–H and O–H groups in total. The van der Waals surface area contributed by atoms with Gasteiger partial charge in [0.25, 0.3) is 5.91 Å². The number of carbonyl (C=O) groups is 1. The molecule has 94 valence electrons. The van der Waals surface area contributed by atoms with Crippen LogP contribution in [-0.4, -0.2) is 18.5 Å². The molecule has 1 amide bonds. The van der Waals surface area contributed by atoms with Gasteiger partial charge in [0, 0.05) is 23.2 Å². The Labute approximate surface area is 107 Å². The third-order valence-corrected chi connectivity index (χ3v) is 2.93. The van der Waals surface area contributed by atoms with E-state index in [0.717, 1.165) is 18.4 Å². The molecule has 0 spiro atoms. The maximum Gasteiger partial charge on any atom is 0.251 e. The van der Waals surface area contributed by atoms with Gasteiger partial charge in [-0.05, 0) is 37.1 Å². The molecule has 17 heavy (non-hydrogen) atoms. The summed E-state index contributed by atoms with van der Waals surface area (Å²) < 4.78 is 0. The van der Waals surface area contributed by atoms with E-state index >= 15 is 0 Å². The fourth-order valence-electron chi connectivity index (χ4n) is 1.74. The molecule has 0 fully saturated rings. The summed E-state index contributed by atoms with van der Waals surface area (Å²) in [6.45, 7) is 4.41. The number of amides is 1. The van der Waals surface area contributed by atoms with E-state index in [1.54, 1.807) is 18.2 Å². The Morgan fingerprint density at radius 1 is 1.53 bits per heavy atom. The molecule has 0 saturated heterocycles. The standard InChI is InChI=1S/C13H19ClN2O/c1-3-4-11(8-15)16-13(17)12-6-5-10(14)7-9(12)2/h5-7,11H,3-4,8,15H2,1-2H3,(H,16,17). The van der Waals surface area contributed by atoms with Gasteiger partial charge in [-0.2, -0.15) is 0 Å². The van der Waals surface area contributed by atoms with Crippen LogP contribution in [0.5, 0.6) is 0 Å². The normalized spacial score (nSPS) is 12.2. The van der Waals surface area contributed by atoms with Crippen LogP contribution in [0.4, 0.5) is 0 Å². The number of rotatable bonds is 5. The van der Waals surface area contributed by atoms with E-state index in [9.17, 15) is 4.79 Å². The molecule has 1 rings (SSSR count). The summed E-state index contributed by atoms with van der Waals surface area (Å²) in [5, 5.41) is 3.58. The van der Waals surface area contributed by atoms with Crippen LogP contribution in [0.15, 0.2) is 18.2 Å². The van der Waals surface area contributed by atoms with Crippen molar-refractivity contribution in [2.45, 2.75) is 32.7 Å². The monoisotopic (exact) mass is 254 g/mol. The van der Waals surface area contributed by atoms with Crippen LogP contribution < -0.4 is 11.1 Å². The minimum Gasteiger partial charge on any atom is -0.348 e. The summed E-state index contributed by atoms with van der Waals surface area (Å²) in [5.41, 5.74) is 7.15. The molecule has 1 aromatic rings. The van der Waals surface area contributed by atoms with Crippen LogP contribution in [0.25, 0.3) is 0 Å². The second kappa shape index (κ2) is 6.62. The lowest BCUT2D eigenvalue weighted by Gasteiger charge is -2.16. The van der Waals surface area contributed by atoms with Gasteiger partial charge in [0.2, 0.25) is 0 Å². The van der Waals surface area contributed by atoms with Crippen molar-refractivity contribution in [1.29, 1.82) is 0 Å². The highest BCUT2D eigenvalue weighted by Crippen LogP contribution is 2.15. The highest BCUT2D eigenvalue weighted by molar-refractivity contribution is 6.30. The van der Waals surface area contributed by atoms with Crippen molar-refractivity contribution in [3.63, 3.8) is 0 Å². The van der Waals surface area contributed by atoms with Gasteiger partial charge in [0.1, 0.15) is 0 Å². The smallest absolute Gasteiger partial charge is 0.251 e. The van der Waals surface area contributed by atoms with Gasteiger partial charge in [-0.3, -0.25) is 4.79 Å². The van der Waals surface area contributed by atoms with E-state index < -0.39 is 0 Å². The predicted octanol–water partition coefficient (Wildman–Crippen LogP) is 2.51. The van der Waals surface area contributed by atoms with Gasteiger partial charge < -0.3 is 11.1 Å². The molecule has 1 atom stereocenters. The Hall–Kier alpha value is -1.06. The van der Waals surface area contributed by atoms with E-state index in [4.69, 9.17) is 17.3 Å². The molecule has 4 heteroatoms. The highest BCUT2D eigenvalue weighted by Gasteiger charge is 2.13. The molecule has 0 heterocycles. The van der Waals surface area contributed by atoms with Gasteiger partial charge in [-0.15, -0.1) is 0 Å². The Bertz CT molecular complexity index is 393. The van der Waals surface area contributed by atoms with Crippen molar-refractivity contribution < 1.29 is 4.79 Å². The highest BCUT2D eigenvalue weighted by atomic mass is 35.5. The average Bonchev–Trinajstić information content (AvgIpc) is 2.28. The Kier molecular flexibility index (Phi) is 5.45. The molecule has 1 unspecified atom stereocenters. The number of halogens is 1. The zero-order chi connectivity index (χ0) is 12.8. The Morgan fingerprint density at radius 3 is 2.76 bits per heavy atom. The van der Waals surface area contributed by atoms with Crippen LogP contribution in [-0.2, 0) is 0 Å². The van der Waals surface area contributed by atoms with Crippen molar-refractivity contribution in [3.05, 3.63) is 34.3 Å². The van der Waals surface area contributed by atoms with Gasteiger partial charge >= 0.3 is 0 Å². The lowest BCUT2D eigenvalue weighted by Crippen LogP contribution is -2.40. The number of aryl methyl sites for hydroxylation is 1. The van der Waals surface area contributed by atoms with Crippen LogP contribution in [0.2, 0.25) is 5.02 Å². The zero-order valence-corrected chi connectivity index (χ0v) is 11.1. The first-order valence-electron chi connectivity index (χ1n) is 5.85. The van der Waals surface area contributed by atoms with Crippen LogP contribution in [0.1, 0.15) is 35.7 Å². The summed E-state index contributed by atoms with van der Waals surface area (Å²) in [6, 6.07) is 5.30. The topological polar surface area (TPSA) is 55.1 Å². The quantitative estimate of drug-likeness (QED) is 0.848. The van der Waals surface area contributed by atoms with Crippen LogP contribution in [0, 0.1) is 6.92 Å². The molecular weight excluding hydrogens is 236 g/mol. The third kappa shape index (κ3) is 4.02. The van der Waals surface area contributed by atoms with Crippen molar-refractivity contribution >= 4 is 17.5 Å². The second-order valence-corrected chi connectivity index (χ2v) is 4.59. The van der Waals surface area contributed by atoms with Gasteiger partial charge in [-0.25, -0.2) is 0 Å². The van der Waals surface area contributed by atoms with Crippen molar-refractivity contribution in [2.75, 3.05) is 6.54 Å². The Balaban J connectivity index is 2.75. The molecule has 0 aromatic heterocycles. The molecule has 3 nitrogen and oxygen atoms in total. The maximum absolute atomic E-state index is 12.0. The number of hydrogen-bond donors (Lipinski definition) is 2. The van der Waals surface area contributed by atoms with Crippen LogP contribution in [0.3, 0.4) is 0 Å². The van der Waals surface area contributed by atoms with Crippen molar-refractivity contribution in [3.8, 4) is 0 Å². The minimum absolute atomic E-state index is 0.0441. The molecule has 0 saturated carbocycles. The molecule has 0 radical (unpaired) electrons. The largest absolute Gasteiger partial charge is 0.348 e. The summed E-state index contributed by atoms with van der Waals surface area (Å²) in [5.74, 6) is -0.0805. The van der Waals surface area contributed by atoms with E-state index in [2.05, 4.69) is 12.2 Å². The first kappa shape index (κ1) is 14.0. The molecular formula is C13H19ClN2O. The molecule has 1 aromatic carbocycles. The number of benzene rings is 1. The van der Waals surface area contributed by atoms with Gasteiger partial charge in [0.15, 0.2) is 0 Å². The van der Waals surface area contributed by atoms with Crippen molar-refractivity contribution in [2.24, 2.45) is 5.73 Å². The second-order valence-electron chi connectivity index (χ2n) is 4.15. The number of hydrogen-bond acceptors (Lipinski definition) is 2. The zero-order valence-electron chi connectivity index (χ0n) is 10.3. The minimum atomic E-state index is -0.0805. The molecule has 0 aliphatic carbocycles. The summed E-state index contributed by atoms with van der Waals surface area (Å²) in [7, 11) is 0. The molecule has 0 aliphatic rings. The van der Waals surface area contributed by atoms with E-state index in [-0.39, 0.29) is 11.9 Å². The number of nitrogens with one attached hydrogen (secondary N) is 1. The number of nitrogens with two attached hydrogens (primary N) is 1. The lowest BCUT2D eigenvalue weighted by molar-refractivity contribution is 0.0935. The first-order valence-corrected chi connectivity index (χ1v) is 6.23. The van der Waals surface area contributed by atoms with E-state index in [1.165, 1.54) is 0 Å². The molecule has 0 bridgehead atoms. The molecule has 0 aliphatic heterocycles. The summed E-state index contributed by atoms with van der Waals surface area (Å²) >= 11 is 5.85. The predicted molar refractivity (Wildman–Crippen MR) is 71.4 cm³/mol. The fourth-order valence-corrected chi connectivity index (χ4v) is 1.97. The number of carbonyl (C=O) groups excluding carboxylic acids is 1. The summed E-state index contributed by atoms with van der Waals surface area (Å²) in [6.07, 6.45) is 1.90. The van der Waals surface area contributed by atoms with Crippen molar-refractivity contribution in [1.82, 2.24) is 5.32 Å². The van der Waals surface area contributed by atoms with E-state index in [0.29, 0.717) is 17.1 Å². The Morgan fingerprint density at radius 2 is 2.24 bits per heavy atom. The van der Waals surface area contributed by atoms with Gasteiger partial charge in [-0.1, -0.05) is 24.9 Å². The maximum atomic E-state index is 12.0. The fraction of sp³-hybridized carbons (Fsp3) is 0.462.